The normalized spacial score (nSPS) is 12.5. The first kappa shape index (κ1) is 13.6. The summed E-state index contributed by atoms with van der Waals surface area (Å²) < 4.78 is 39.6. The number of nitrogens with zero attached hydrogens (tertiary/aromatic N) is 2. The first-order valence-electron chi connectivity index (χ1n) is 5.45. The monoisotopic (exact) mass is 275 g/mol. The maximum Gasteiger partial charge on any atom is 0.449 e. The third-order valence-corrected chi connectivity index (χ3v) is 2.75. The molecule has 4 N–H and O–H groups in total. The molecular formula is C11H12F3N3O2. The van der Waals surface area contributed by atoms with E-state index in [-0.39, 0.29) is 16.7 Å². The average Bonchev–Trinajstić information content (AvgIpc) is 2.69. The van der Waals surface area contributed by atoms with Crippen LogP contribution in [0.1, 0.15) is 11.9 Å². The zero-order valence-corrected chi connectivity index (χ0v) is 9.72. The van der Waals surface area contributed by atoms with Crippen LogP contribution in [-0.4, -0.2) is 33.0 Å². The summed E-state index contributed by atoms with van der Waals surface area (Å²) in [7, 11) is 0. The van der Waals surface area contributed by atoms with Crippen molar-refractivity contribution >= 4 is 16.7 Å². The van der Waals surface area contributed by atoms with E-state index in [1.54, 1.807) is 0 Å². The number of hydrogen-bond acceptors (Lipinski definition) is 4. The Labute approximate surface area is 106 Å². The molecule has 0 radical (unpaired) electrons. The molecule has 0 aliphatic carbocycles. The minimum absolute atomic E-state index is 0.0687. The summed E-state index contributed by atoms with van der Waals surface area (Å²) in [5.41, 5.74) is 6.02. The number of fused-ring (bicyclic) bond motifs is 1. The first-order chi connectivity index (χ1) is 8.88. The molecule has 0 atom stereocenters. The number of hydrogen-bond donors (Lipinski definition) is 3. The molecule has 0 saturated heterocycles. The minimum Gasteiger partial charge on any atom is -0.399 e. The Hall–Kier alpha value is -1.80. The molecule has 0 saturated carbocycles. The molecule has 1 aromatic carbocycles. The molecule has 104 valence electrons. The van der Waals surface area contributed by atoms with Gasteiger partial charge in [0.15, 0.2) is 0 Å². The lowest BCUT2D eigenvalue weighted by Gasteiger charge is -2.18. The van der Waals surface area contributed by atoms with Crippen molar-refractivity contribution in [1.29, 1.82) is 0 Å². The number of benzene rings is 1. The third kappa shape index (κ3) is 2.36. The molecule has 2 rings (SSSR count). The summed E-state index contributed by atoms with van der Waals surface area (Å²) in [4.78, 5) is 3.50. The summed E-state index contributed by atoms with van der Waals surface area (Å²) in [5, 5.41) is 18.2. The summed E-state index contributed by atoms with van der Waals surface area (Å²) in [6, 6.07) is 3.02. The van der Waals surface area contributed by atoms with Crippen molar-refractivity contribution in [3.63, 3.8) is 0 Å². The third-order valence-electron chi connectivity index (χ3n) is 2.75. The second-order valence-corrected chi connectivity index (χ2v) is 4.07. The van der Waals surface area contributed by atoms with Crippen LogP contribution in [0.3, 0.4) is 0 Å². The van der Waals surface area contributed by atoms with E-state index in [2.05, 4.69) is 4.98 Å². The second kappa shape index (κ2) is 4.71. The Morgan fingerprint density at radius 2 is 1.89 bits per heavy atom. The van der Waals surface area contributed by atoms with E-state index in [1.165, 1.54) is 18.2 Å². The minimum atomic E-state index is -4.68. The van der Waals surface area contributed by atoms with Gasteiger partial charge >= 0.3 is 6.18 Å². The smallest absolute Gasteiger partial charge is 0.399 e. The Kier molecular flexibility index (Phi) is 3.38. The quantitative estimate of drug-likeness (QED) is 0.734. The molecule has 5 nitrogen and oxygen atoms in total. The standard InChI is InChI=1S/C11H12F3N3O2/c12-11(13,14)10-16-8-3-6(15)1-2-9(8)17(10)7(4-18)5-19/h1-3,7,18-19H,4-5,15H2. The lowest BCUT2D eigenvalue weighted by molar-refractivity contribution is -0.148. The number of aromatic nitrogens is 2. The van der Waals surface area contributed by atoms with Crippen LogP contribution in [0.25, 0.3) is 11.0 Å². The molecule has 0 aliphatic rings. The predicted molar refractivity (Wildman–Crippen MR) is 62.4 cm³/mol. The van der Waals surface area contributed by atoms with Crippen molar-refractivity contribution in [2.75, 3.05) is 18.9 Å². The molecular weight excluding hydrogens is 263 g/mol. The lowest BCUT2D eigenvalue weighted by Crippen LogP contribution is -2.23. The van der Waals surface area contributed by atoms with Crippen LogP contribution in [0, 0.1) is 0 Å². The van der Waals surface area contributed by atoms with Gasteiger partial charge in [0, 0.05) is 5.69 Å². The molecule has 0 spiro atoms. The molecule has 2 aromatic rings. The zero-order chi connectivity index (χ0) is 14.2. The van der Waals surface area contributed by atoms with Crippen molar-refractivity contribution in [2.45, 2.75) is 12.2 Å². The molecule has 0 fully saturated rings. The van der Waals surface area contributed by atoms with Gasteiger partial charge in [0.1, 0.15) is 0 Å². The van der Waals surface area contributed by atoms with Crippen LogP contribution in [0.2, 0.25) is 0 Å². The number of rotatable bonds is 3. The molecule has 8 heteroatoms. The van der Waals surface area contributed by atoms with Crippen molar-refractivity contribution in [2.24, 2.45) is 0 Å². The topological polar surface area (TPSA) is 84.3 Å². The number of nitrogens with two attached hydrogens (primary N) is 1. The van der Waals surface area contributed by atoms with Crippen LogP contribution < -0.4 is 5.73 Å². The first-order valence-corrected chi connectivity index (χ1v) is 5.45. The van der Waals surface area contributed by atoms with Gasteiger partial charge in [-0.3, -0.25) is 0 Å². The number of aliphatic hydroxyl groups excluding tert-OH is 2. The highest BCUT2D eigenvalue weighted by Gasteiger charge is 2.39. The largest absolute Gasteiger partial charge is 0.449 e. The number of anilines is 1. The van der Waals surface area contributed by atoms with Crippen molar-refractivity contribution in [1.82, 2.24) is 9.55 Å². The van der Waals surface area contributed by atoms with E-state index in [0.717, 1.165) is 4.57 Å². The van der Waals surface area contributed by atoms with E-state index in [1.807, 2.05) is 0 Å². The average molecular weight is 275 g/mol. The summed E-state index contributed by atoms with van der Waals surface area (Å²) in [6.45, 7) is -1.26. The summed E-state index contributed by atoms with van der Waals surface area (Å²) >= 11 is 0. The van der Waals surface area contributed by atoms with E-state index in [9.17, 15) is 13.2 Å². The van der Waals surface area contributed by atoms with Gasteiger partial charge in [0.25, 0.3) is 0 Å². The van der Waals surface area contributed by atoms with Crippen molar-refractivity contribution in [3.05, 3.63) is 24.0 Å². The molecule has 1 heterocycles. The van der Waals surface area contributed by atoms with Crippen LogP contribution >= 0.6 is 0 Å². The van der Waals surface area contributed by atoms with Crippen LogP contribution in [-0.2, 0) is 6.18 Å². The fraction of sp³-hybridized carbons (Fsp3) is 0.364. The van der Waals surface area contributed by atoms with Crippen LogP contribution in [0.4, 0.5) is 18.9 Å². The second-order valence-electron chi connectivity index (χ2n) is 4.07. The number of alkyl halides is 3. The molecule has 0 aliphatic heterocycles. The zero-order valence-electron chi connectivity index (χ0n) is 9.72. The van der Waals surface area contributed by atoms with Gasteiger partial charge in [0.2, 0.25) is 5.82 Å². The van der Waals surface area contributed by atoms with Gasteiger partial charge in [-0.2, -0.15) is 13.2 Å². The highest BCUT2D eigenvalue weighted by Crippen LogP contribution is 2.34. The predicted octanol–water partition coefficient (Wildman–Crippen LogP) is 1.16. The molecule has 19 heavy (non-hydrogen) atoms. The number of nitrogen functional groups attached to an aromatic ring is 1. The van der Waals surface area contributed by atoms with E-state index < -0.39 is 31.3 Å². The van der Waals surface area contributed by atoms with Gasteiger partial charge < -0.3 is 20.5 Å². The summed E-state index contributed by atoms with van der Waals surface area (Å²) in [6.07, 6.45) is -4.68. The van der Waals surface area contributed by atoms with Gasteiger partial charge in [-0.05, 0) is 18.2 Å². The van der Waals surface area contributed by atoms with Gasteiger partial charge in [-0.15, -0.1) is 0 Å². The van der Waals surface area contributed by atoms with E-state index >= 15 is 0 Å². The molecule has 0 amide bonds. The maximum atomic E-state index is 12.9. The molecule has 0 bridgehead atoms. The highest BCUT2D eigenvalue weighted by atomic mass is 19.4. The molecule has 1 aromatic heterocycles. The Morgan fingerprint density at radius 3 is 2.42 bits per heavy atom. The van der Waals surface area contributed by atoms with Crippen molar-refractivity contribution in [3.8, 4) is 0 Å². The highest BCUT2D eigenvalue weighted by molar-refractivity contribution is 5.80. The lowest BCUT2D eigenvalue weighted by atomic mass is 10.2. The van der Waals surface area contributed by atoms with E-state index in [0.29, 0.717) is 0 Å². The van der Waals surface area contributed by atoms with Crippen molar-refractivity contribution < 1.29 is 23.4 Å². The fourth-order valence-corrected chi connectivity index (χ4v) is 1.91. The van der Waals surface area contributed by atoms with Crippen LogP contribution in [0.15, 0.2) is 18.2 Å². The Balaban J connectivity index is 2.75. The number of imidazole rings is 1. The molecule has 0 unspecified atom stereocenters. The van der Waals surface area contributed by atoms with E-state index in [4.69, 9.17) is 15.9 Å². The Bertz CT molecular complexity index is 591. The van der Waals surface area contributed by atoms with Crippen LogP contribution in [0.5, 0.6) is 0 Å². The Morgan fingerprint density at radius 1 is 1.26 bits per heavy atom. The number of aliphatic hydroxyl groups is 2. The van der Waals surface area contributed by atoms with Gasteiger partial charge in [-0.25, -0.2) is 4.98 Å². The fourth-order valence-electron chi connectivity index (χ4n) is 1.91. The maximum absolute atomic E-state index is 12.9. The summed E-state index contributed by atoms with van der Waals surface area (Å²) in [5.74, 6) is -1.17. The van der Waals surface area contributed by atoms with Gasteiger partial charge in [0.05, 0.1) is 30.3 Å². The SMILES string of the molecule is Nc1ccc2c(c1)nc(C(F)(F)F)n2C(CO)CO. The van der Waals surface area contributed by atoms with Gasteiger partial charge in [-0.1, -0.05) is 0 Å². The number of halogens is 3.